The van der Waals surface area contributed by atoms with Gasteiger partial charge in [0.25, 0.3) is 5.91 Å². The molecule has 0 radical (unpaired) electrons. The van der Waals surface area contributed by atoms with Crippen molar-refractivity contribution in [1.29, 1.82) is 0 Å². The fourth-order valence-corrected chi connectivity index (χ4v) is 2.48. The first-order valence-corrected chi connectivity index (χ1v) is 8.72. The Hall–Kier alpha value is -3.12. The van der Waals surface area contributed by atoms with Crippen LogP contribution in [-0.4, -0.2) is 22.5 Å². The smallest absolute Gasteiger partial charge is 0.262 e. The monoisotopic (exact) mass is 382 g/mol. The molecule has 1 aromatic heterocycles. The van der Waals surface area contributed by atoms with Gasteiger partial charge in [0.15, 0.2) is 6.61 Å². The average molecular weight is 383 g/mol. The van der Waals surface area contributed by atoms with Crippen LogP contribution in [0.4, 0.5) is 17.2 Å². The number of aryl methyl sites for hydroxylation is 2. The van der Waals surface area contributed by atoms with Gasteiger partial charge >= 0.3 is 0 Å². The molecule has 0 aliphatic rings. The number of ether oxygens (including phenoxy) is 1. The molecule has 0 aliphatic heterocycles. The summed E-state index contributed by atoms with van der Waals surface area (Å²) in [4.78, 5) is 20.3. The molecule has 27 heavy (non-hydrogen) atoms. The minimum absolute atomic E-state index is 0.0821. The Balaban J connectivity index is 1.52. The molecular weight excluding hydrogens is 364 g/mol. The molecule has 3 aromatic rings. The van der Waals surface area contributed by atoms with Gasteiger partial charge in [0.2, 0.25) is 0 Å². The zero-order valence-electron chi connectivity index (χ0n) is 15.0. The number of carbonyl (C=O) groups is 1. The Labute approximate surface area is 162 Å². The van der Waals surface area contributed by atoms with Crippen LogP contribution < -0.4 is 15.4 Å². The average Bonchev–Trinajstić information content (AvgIpc) is 2.64. The maximum absolute atomic E-state index is 12.1. The van der Waals surface area contributed by atoms with Crippen molar-refractivity contribution in [3.63, 3.8) is 0 Å². The second-order valence-electron chi connectivity index (χ2n) is 5.99. The second-order valence-corrected chi connectivity index (χ2v) is 6.40. The molecule has 0 atom stereocenters. The van der Waals surface area contributed by atoms with E-state index in [1.54, 1.807) is 30.3 Å². The molecule has 0 spiro atoms. The molecule has 0 bridgehead atoms. The highest BCUT2D eigenvalue weighted by molar-refractivity contribution is 6.31. The number of rotatable bonds is 6. The van der Waals surface area contributed by atoms with Crippen LogP contribution >= 0.6 is 11.6 Å². The fraction of sp³-hybridized carbons (Fsp3) is 0.150. The second kappa shape index (κ2) is 8.51. The number of benzene rings is 2. The molecule has 0 unspecified atom stereocenters. The maximum Gasteiger partial charge on any atom is 0.262 e. The van der Waals surface area contributed by atoms with Gasteiger partial charge < -0.3 is 15.4 Å². The molecule has 7 heteroatoms. The van der Waals surface area contributed by atoms with E-state index in [0.717, 1.165) is 16.9 Å². The Morgan fingerprint density at radius 1 is 1.04 bits per heavy atom. The molecule has 0 saturated carbocycles. The number of aromatic nitrogens is 2. The summed E-state index contributed by atoms with van der Waals surface area (Å²) in [7, 11) is 0. The van der Waals surface area contributed by atoms with Gasteiger partial charge in [-0.05, 0) is 61.9 Å². The van der Waals surface area contributed by atoms with E-state index in [0.29, 0.717) is 22.3 Å². The van der Waals surface area contributed by atoms with E-state index in [1.165, 1.54) is 6.33 Å². The lowest BCUT2D eigenvalue weighted by molar-refractivity contribution is -0.118. The fourth-order valence-electron chi connectivity index (χ4n) is 2.36. The normalized spacial score (nSPS) is 10.3. The number of nitrogens with zero attached hydrogens (tertiary/aromatic N) is 2. The predicted molar refractivity (Wildman–Crippen MR) is 107 cm³/mol. The van der Waals surface area contributed by atoms with Gasteiger partial charge in [0.05, 0.1) is 0 Å². The Bertz CT molecular complexity index is 945. The van der Waals surface area contributed by atoms with E-state index in [9.17, 15) is 4.79 Å². The van der Waals surface area contributed by atoms with Crippen LogP contribution in [0.3, 0.4) is 0 Å². The molecule has 2 N–H and O–H groups in total. The van der Waals surface area contributed by atoms with Crippen LogP contribution in [0, 0.1) is 13.8 Å². The first kappa shape index (κ1) is 18.7. The summed E-state index contributed by atoms with van der Waals surface area (Å²) in [5, 5.41) is 6.64. The van der Waals surface area contributed by atoms with Crippen molar-refractivity contribution in [2.24, 2.45) is 0 Å². The van der Waals surface area contributed by atoms with Crippen molar-refractivity contribution in [2.75, 3.05) is 17.2 Å². The van der Waals surface area contributed by atoms with Gasteiger partial charge in [0, 0.05) is 28.2 Å². The third-order valence-electron chi connectivity index (χ3n) is 3.74. The van der Waals surface area contributed by atoms with Crippen molar-refractivity contribution in [2.45, 2.75) is 13.8 Å². The Kier molecular flexibility index (Phi) is 5.88. The number of hydrogen-bond donors (Lipinski definition) is 2. The number of carbonyl (C=O) groups excluding carboxylic acids is 1. The van der Waals surface area contributed by atoms with Gasteiger partial charge in [-0.15, -0.1) is 0 Å². The quantitative estimate of drug-likeness (QED) is 0.656. The van der Waals surface area contributed by atoms with Gasteiger partial charge in [-0.2, -0.15) is 0 Å². The Morgan fingerprint density at radius 3 is 2.48 bits per heavy atom. The topological polar surface area (TPSA) is 76.1 Å². The zero-order chi connectivity index (χ0) is 19.2. The lowest BCUT2D eigenvalue weighted by Crippen LogP contribution is -2.20. The van der Waals surface area contributed by atoms with Crippen molar-refractivity contribution >= 4 is 34.7 Å². The summed E-state index contributed by atoms with van der Waals surface area (Å²) < 4.78 is 5.49. The van der Waals surface area contributed by atoms with Crippen molar-refractivity contribution in [1.82, 2.24) is 9.97 Å². The molecule has 1 heterocycles. The maximum atomic E-state index is 12.1. The van der Waals surface area contributed by atoms with Gasteiger partial charge in [-0.3, -0.25) is 4.79 Å². The number of hydrogen-bond acceptors (Lipinski definition) is 5. The minimum Gasteiger partial charge on any atom is -0.484 e. The first-order valence-electron chi connectivity index (χ1n) is 8.34. The summed E-state index contributed by atoms with van der Waals surface area (Å²) in [5.74, 6) is 1.08. The summed E-state index contributed by atoms with van der Waals surface area (Å²) in [5.41, 5.74) is 3.32. The summed E-state index contributed by atoms with van der Waals surface area (Å²) >= 11 is 5.98. The molecule has 138 valence electrons. The SMILES string of the molecule is Cc1cc(Nc2ccc(NC(=O)COc3ccc(Cl)c(C)c3)cc2)ncn1. The van der Waals surface area contributed by atoms with Gasteiger partial charge in [-0.1, -0.05) is 11.6 Å². The minimum atomic E-state index is -0.241. The molecule has 6 nitrogen and oxygen atoms in total. The number of amides is 1. The van der Waals surface area contributed by atoms with E-state index < -0.39 is 0 Å². The molecule has 0 fully saturated rings. The highest BCUT2D eigenvalue weighted by Crippen LogP contribution is 2.21. The van der Waals surface area contributed by atoms with Crippen LogP contribution in [0.5, 0.6) is 5.75 Å². The largest absolute Gasteiger partial charge is 0.484 e. The van der Waals surface area contributed by atoms with E-state index >= 15 is 0 Å². The van der Waals surface area contributed by atoms with Crippen LogP contribution in [0.25, 0.3) is 0 Å². The van der Waals surface area contributed by atoms with Gasteiger partial charge in [0.1, 0.15) is 17.9 Å². The number of anilines is 3. The molecule has 3 rings (SSSR count). The Morgan fingerprint density at radius 2 is 1.78 bits per heavy atom. The van der Waals surface area contributed by atoms with E-state index in [2.05, 4.69) is 20.6 Å². The zero-order valence-corrected chi connectivity index (χ0v) is 15.7. The molecule has 2 aromatic carbocycles. The number of halogens is 1. The molecule has 1 amide bonds. The summed E-state index contributed by atoms with van der Waals surface area (Å²) in [6.45, 7) is 3.70. The molecule has 0 saturated heterocycles. The lowest BCUT2D eigenvalue weighted by atomic mass is 10.2. The summed E-state index contributed by atoms with van der Waals surface area (Å²) in [6, 6.07) is 14.5. The van der Waals surface area contributed by atoms with Crippen LogP contribution in [-0.2, 0) is 4.79 Å². The third-order valence-corrected chi connectivity index (χ3v) is 4.17. The van der Waals surface area contributed by atoms with Crippen molar-refractivity contribution in [3.05, 3.63) is 71.1 Å². The van der Waals surface area contributed by atoms with Crippen LogP contribution in [0.2, 0.25) is 5.02 Å². The molecular formula is C20H19ClN4O2. The van der Waals surface area contributed by atoms with Gasteiger partial charge in [-0.25, -0.2) is 9.97 Å². The highest BCUT2D eigenvalue weighted by Gasteiger charge is 2.05. The predicted octanol–water partition coefficient (Wildman–Crippen LogP) is 4.51. The van der Waals surface area contributed by atoms with E-state index in [-0.39, 0.29) is 12.5 Å². The van der Waals surface area contributed by atoms with E-state index in [4.69, 9.17) is 16.3 Å². The van der Waals surface area contributed by atoms with Crippen molar-refractivity contribution in [3.8, 4) is 5.75 Å². The molecule has 0 aliphatic carbocycles. The lowest BCUT2D eigenvalue weighted by Gasteiger charge is -2.10. The first-order chi connectivity index (χ1) is 13.0. The van der Waals surface area contributed by atoms with E-state index in [1.807, 2.05) is 32.0 Å². The van der Waals surface area contributed by atoms with Crippen molar-refractivity contribution < 1.29 is 9.53 Å². The standard InChI is InChI=1S/C20H19ClN4O2/c1-13-9-17(7-8-18(13)21)27-11-20(26)25-16-5-3-15(4-6-16)24-19-10-14(2)22-12-23-19/h3-10,12H,11H2,1-2H3,(H,25,26)(H,22,23,24). The highest BCUT2D eigenvalue weighted by atomic mass is 35.5. The number of nitrogens with one attached hydrogen (secondary N) is 2. The van der Waals surface area contributed by atoms with Crippen LogP contribution in [0.1, 0.15) is 11.3 Å². The van der Waals surface area contributed by atoms with Crippen LogP contribution in [0.15, 0.2) is 54.9 Å². The summed E-state index contributed by atoms with van der Waals surface area (Å²) in [6.07, 6.45) is 1.51. The third kappa shape index (κ3) is 5.43.